The standard InChI is InChI=1S/C13H17F2NO/c14-13(15)12(17)8-16-7-9-4-5-10-2-1-3-11(10)6-9/h4-6,12-13,16-17H,1-3,7-8H2. The highest BCUT2D eigenvalue weighted by molar-refractivity contribution is 5.35. The van der Waals surface area contributed by atoms with E-state index < -0.39 is 12.5 Å². The molecule has 2 nitrogen and oxygen atoms in total. The van der Waals surface area contributed by atoms with Crippen LogP contribution >= 0.6 is 0 Å². The van der Waals surface area contributed by atoms with E-state index in [1.54, 1.807) is 0 Å². The zero-order valence-electron chi connectivity index (χ0n) is 9.63. The summed E-state index contributed by atoms with van der Waals surface area (Å²) in [4.78, 5) is 0. The van der Waals surface area contributed by atoms with Gasteiger partial charge in [-0.05, 0) is 36.0 Å². The predicted octanol–water partition coefficient (Wildman–Crippen LogP) is 1.89. The fourth-order valence-corrected chi connectivity index (χ4v) is 2.19. The number of aliphatic hydroxyl groups excluding tert-OH is 1. The van der Waals surface area contributed by atoms with Gasteiger partial charge in [-0.25, -0.2) is 8.78 Å². The highest BCUT2D eigenvalue weighted by atomic mass is 19.3. The van der Waals surface area contributed by atoms with Crippen molar-refractivity contribution in [2.75, 3.05) is 6.54 Å². The number of alkyl halides is 2. The van der Waals surface area contributed by atoms with Gasteiger partial charge in [0.1, 0.15) is 6.10 Å². The van der Waals surface area contributed by atoms with Crippen LogP contribution in [0.15, 0.2) is 18.2 Å². The Morgan fingerprint density at radius 1 is 1.24 bits per heavy atom. The molecule has 0 spiro atoms. The molecule has 4 heteroatoms. The SMILES string of the molecule is OC(CNCc1ccc2c(c1)CCC2)C(F)F. The molecule has 0 saturated carbocycles. The first kappa shape index (κ1) is 12.5. The Labute approximate surface area is 99.7 Å². The van der Waals surface area contributed by atoms with Crippen LogP contribution < -0.4 is 5.32 Å². The lowest BCUT2D eigenvalue weighted by Crippen LogP contribution is -2.31. The van der Waals surface area contributed by atoms with Crippen LogP contribution in [0, 0.1) is 0 Å². The lowest BCUT2D eigenvalue weighted by atomic mass is 10.1. The summed E-state index contributed by atoms with van der Waals surface area (Å²) >= 11 is 0. The molecule has 0 aromatic heterocycles. The van der Waals surface area contributed by atoms with Crippen LogP contribution in [0.4, 0.5) is 8.78 Å². The van der Waals surface area contributed by atoms with E-state index in [1.807, 2.05) is 6.07 Å². The quantitative estimate of drug-likeness (QED) is 0.825. The number of benzene rings is 1. The fourth-order valence-electron chi connectivity index (χ4n) is 2.19. The summed E-state index contributed by atoms with van der Waals surface area (Å²) in [5.41, 5.74) is 3.87. The molecule has 94 valence electrons. The van der Waals surface area contributed by atoms with Crippen molar-refractivity contribution in [1.29, 1.82) is 0 Å². The maximum atomic E-state index is 12.0. The molecular weight excluding hydrogens is 224 g/mol. The number of rotatable bonds is 5. The van der Waals surface area contributed by atoms with Crippen LogP contribution in [-0.4, -0.2) is 24.2 Å². The third kappa shape index (κ3) is 3.23. The van der Waals surface area contributed by atoms with E-state index in [-0.39, 0.29) is 6.54 Å². The van der Waals surface area contributed by atoms with E-state index in [0.717, 1.165) is 18.4 Å². The molecule has 1 aliphatic carbocycles. The molecule has 1 atom stereocenters. The molecule has 1 aliphatic rings. The van der Waals surface area contributed by atoms with E-state index in [1.165, 1.54) is 17.5 Å². The van der Waals surface area contributed by atoms with Crippen LogP contribution in [0.5, 0.6) is 0 Å². The highest BCUT2D eigenvalue weighted by Crippen LogP contribution is 2.22. The van der Waals surface area contributed by atoms with E-state index in [4.69, 9.17) is 5.11 Å². The number of aryl methyl sites for hydroxylation is 2. The summed E-state index contributed by atoms with van der Waals surface area (Å²) in [7, 11) is 0. The van der Waals surface area contributed by atoms with Crippen molar-refractivity contribution in [2.45, 2.75) is 38.3 Å². The van der Waals surface area contributed by atoms with Gasteiger partial charge in [-0.1, -0.05) is 18.2 Å². The summed E-state index contributed by atoms with van der Waals surface area (Å²) in [6, 6.07) is 6.26. The average Bonchev–Trinajstić information content (AvgIpc) is 2.75. The Balaban J connectivity index is 1.83. The van der Waals surface area contributed by atoms with Crippen molar-refractivity contribution >= 4 is 0 Å². The average molecular weight is 241 g/mol. The third-order valence-electron chi connectivity index (χ3n) is 3.14. The van der Waals surface area contributed by atoms with Crippen molar-refractivity contribution in [3.05, 3.63) is 34.9 Å². The number of halogens is 2. The summed E-state index contributed by atoms with van der Waals surface area (Å²) in [5, 5.41) is 11.8. The molecule has 2 N–H and O–H groups in total. The monoisotopic (exact) mass is 241 g/mol. The highest BCUT2D eigenvalue weighted by Gasteiger charge is 2.16. The molecular formula is C13H17F2NO. The number of aliphatic hydroxyl groups is 1. The normalized spacial score (nSPS) is 16.2. The van der Waals surface area contributed by atoms with E-state index in [2.05, 4.69) is 17.4 Å². The van der Waals surface area contributed by atoms with E-state index in [0.29, 0.717) is 6.54 Å². The first-order chi connectivity index (χ1) is 8.16. The van der Waals surface area contributed by atoms with Gasteiger partial charge in [-0.15, -0.1) is 0 Å². The molecule has 1 unspecified atom stereocenters. The van der Waals surface area contributed by atoms with Crippen LogP contribution in [0.1, 0.15) is 23.1 Å². The second kappa shape index (κ2) is 5.56. The Bertz CT molecular complexity index is 382. The van der Waals surface area contributed by atoms with Gasteiger partial charge in [0.2, 0.25) is 0 Å². The maximum absolute atomic E-state index is 12.0. The second-order valence-corrected chi connectivity index (χ2v) is 4.49. The van der Waals surface area contributed by atoms with Crippen LogP contribution in [-0.2, 0) is 19.4 Å². The molecule has 0 amide bonds. The molecule has 0 radical (unpaired) electrons. The van der Waals surface area contributed by atoms with Gasteiger partial charge in [0, 0.05) is 13.1 Å². The van der Waals surface area contributed by atoms with Crippen molar-refractivity contribution in [2.24, 2.45) is 0 Å². The first-order valence-corrected chi connectivity index (χ1v) is 5.94. The van der Waals surface area contributed by atoms with Crippen molar-refractivity contribution in [3.8, 4) is 0 Å². The smallest absolute Gasteiger partial charge is 0.265 e. The first-order valence-electron chi connectivity index (χ1n) is 5.94. The van der Waals surface area contributed by atoms with Gasteiger partial charge in [0.15, 0.2) is 0 Å². The van der Waals surface area contributed by atoms with Crippen molar-refractivity contribution < 1.29 is 13.9 Å². The van der Waals surface area contributed by atoms with Gasteiger partial charge in [-0.2, -0.15) is 0 Å². The van der Waals surface area contributed by atoms with Crippen LogP contribution in [0.2, 0.25) is 0 Å². The predicted molar refractivity (Wildman–Crippen MR) is 62.2 cm³/mol. The number of fused-ring (bicyclic) bond motifs is 1. The van der Waals surface area contributed by atoms with Crippen molar-refractivity contribution in [3.63, 3.8) is 0 Å². The minimum Gasteiger partial charge on any atom is -0.386 e. The molecule has 0 heterocycles. The summed E-state index contributed by atoms with van der Waals surface area (Å²) in [6.07, 6.45) is -0.793. The molecule has 0 fully saturated rings. The van der Waals surface area contributed by atoms with Crippen molar-refractivity contribution in [1.82, 2.24) is 5.32 Å². The van der Waals surface area contributed by atoms with Gasteiger partial charge in [0.05, 0.1) is 0 Å². The Morgan fingerprint density at radius 2 is 2.00 bits per heavy atom. The lowest BCUT2D eigenvalue weighted by Gasteiger charge is -2.11. The minimum atomic E-state index is -2.68. The Kier molecular flexibility index (Phi) is 4.07. The molecule has 17 heavy (non-hydrogen) atoms. The van der Waals surface area contributed by atoms with Gasteiger partial charge in [-0.3, -0.25) is 0 Å². The van der Waals surface area contributed by atoms with E-state index >= 15 is 0 Å². The minimum absolute atomic E-state index is 0.0747. The lowest BCUT2D eigenvalue weighted by molar-refractivity contribution is -0.00340. The molecule has 0 aliphatic heterocycles. The summed E-state index contributed by atoms with van der Waals surface area (Å²) in [6.45, 7) is 0.450. The van der Waals surface area contributed by atoms with E-state index in [9.17, 15) is 8.78 Å². The zero-order chi connectivity index (χ0) is 12.3. The van der Waals surface area contributed by atoms with Crippen LogP contribution in [0.3, 0.4) is 0 Å². The second-order valence-electron chi connectivity index (χ2n) is 4.49. The number of nitrogens with one attached hydrogen (secondary N) is 1. The fraction of sp³-hybridized carbons (Fsp3) is 0.538. The van der Waals surface area contributed by atoms with Crippen LogP contribution in [0.25, 0.3) is 0 Å². The van der Waals surface area contributed by atoms with Gasteiger partial charge < -0.3 is 10.4 Å². The topological polar surface area (TPSA) is 32.3 Å². The van der Waals surface area contributed by atoms with Gasteiger partial charge >= 0.3 is 0 Å². The Hall–Kier alpha value is -1.00. The Morgan fingerprint density at radius 3 is 2.76 bits per heavy atom. The molecule has 1 aromatic carbocycles. The summed E-state index contributed by atoms with van der Waals surface area (Å²) in [5.74, 6) is 0. The molecule has 0 bridgehead atoms. The maximum Gasteiger partial charge on any atom is 0.265 e. The molecule has 1 aromatic rings. The molecule has 2 rings (SSSR count). The third-order valence-corrected chi connectivity index (χ3v) is 3.14. The summed E-state index contributed by atoms with van der Waals surface area (Å²) < 4.78 is 24.1. The number of hydrogen-bond donors (Lipinski definition) is 2. The van der Waals surface area contributed by atoms with Gasteiger partial charge in [0.25, 0.3) is 6.43 Å². The number of hydrogen-bond acceptors (Lipinski definition) is 2. The largest absolute Gasteiger partial charge is 0.386 e. The zero-order valence-corrected chi connectivity index (χ0v) is 9.63. The molecule has 0 saturated heterocycles.